The second kappa shape index (κ2) is 5.85. The molecule has 0 aliphatic carbocycles. The van der Waals surface area contributed by atoms with E-state index < -0.39 is 5.97 Å². The van der Waals surface area contributed by atoms with Gasteiger partial charge in [0.1, 0.15) is 5.82 Å². The highest BCUT2D eigenvalue weighted by molar-refractivity contribution is 6.16. The van der Waals surface area contributed by atoms with Gasteiger partial charge in [-0.1, -0.05) is 24.8 Å². The summed E-state index contributed by atoms with van der Waals surface area (Å²) in [5.74, 6) is -0.778. The van der Waals surface area contributed by atoms with E-state index in [0.717, 1.165) is 0 Å². The van der Waals surface area contributed by atoms with Gasteiger partial charge < -0.3 is 4.74 Å². The molecule has 0 amide bonds. The highest BCUT2D eigenvalue weighted by Gasteiger charge is 2.11. The molecule has 0 aliphatic rings. The van der Waals surface area contributed by atoms with E-state index in [2.05, 4.69) is 6.58 Å². The molecule has 0 heterocycles. The van der Waals surface area contributed by atoms with E-state index in [1.165, 1.54) is 30.3 Å². The average Bonchev–Trinajstić information content (AvgIpc) is 2.28. The fourth-order valence-electron chi connectivity index (χ4n) is 1.24. The van der Waals surface area contributed by atoms with E-state index in [4.69, 9.17) is 4.74 Å². The number of benzene rings is 1. The number of ether oxygens (including phenoxy) is 1. The number of hydrogen-bond acceptors (Lipinski definition) is 2. The van der Waals surface area contributed by atoms with Crippen LogP contribution in [-0.2, 0) is 9.53 Å². The number of halogens is 1. The normalized spacial score (nSPS) is 11.0. The van der Waals surface area contributed by atoms with E-state index in [9.17, 15) is 9.18 Å². The molecular weight excluding hydrogens is 207 g/mol. The van der Waals surface area contributed by atoms with Crippen molar-refractivity contribution in [1.29, 1.82) is 0 Å². The molecule has 0 aliphatic heterocycles. The van der Waals surface area contributed by atoms with Crippen LogP contribution in [-0.4, -0.2) is 12.6 Å². The highest BCUT2D eigenvalue weighted by Crippen LogP contribution is 2.16. The highest BCUT2D eigenvalue weighted by atomic mass is 19.1. The van der Waals surface area contributed by atoms with Crippen molar-refractivity contribution in [3.05, 3.63) is 54.4 Å². The summed E-state index contributed by atoms with van der Waals surface area (Å²) in [6.45, 7) is 5.56. The van der Waals surface area contributed by atoms with Gasteiger partial charge in [-0.2, -0.15) is 0 Å². The SMILES string of the molecule is C=CC=C(C(=O)OCC)c1ccc(F)cc1. The van der Waals surface area contributed by atoms with Crippen molar-refractivity contribution in [1.82, 2.24) is 0 Å². The zero-order valence-corrected chi connectivity index (χ0v) is 9.07. The zero-order valence-electron chi connectivity index (χ0n) is 9.07. The van der Waals surface area contributed by atoms with Crippen LogP contribution in [0.1, 0.15) is 12.5 Å². The minimum absolute atomic E-state index is 0.300. The molecule has 0 spiro atoms. The predicted octanol–water partition coefficient (Wildman–Crippen LogP) is 2.96. The lowest BCUT2D eigenvalue weighted by molar-refractivity contribution is -0.136. The second-order valence-electron chi connectivity index (χ2n) is 3.04. The van der Waals surface area contributed by atoms with Gasteiger partial charge >= 0.3 is 5.97 Å². The van der Waals surface area contributed by atoms with Gasteiger partial charge in [0, 0.05) is 0 Å². The van der Waals surface area contributed by atoms with Crippen LogP contribution in [0.2, 0.25) is 0 Å². The number of carbonyl (C=O) groups excluding carboxylic acids is 1. The van der Waals surface area contributed by atoms with Gasteiger partial charge in [0.05, 0.1) is 12.2 Å². The second-order valence-corrected chi connectivity index (χ2v) is 3.04. The first kappa shape index (κ1) is 12.2. The molecule has 0 atom stereocenters. The summed E-state index contributed by atoms with van der Waals surface area (Å²) in [5.41, 5.74) is 0.983. The molecular formula is C13H13FO2. The summed E-state index contributed by atoms with van der Waals surface area (Å²) in [7, 11) is 0. The first-order chi connectivity index (χ1) is 7.69. The van der Waals surface area contributed by atoms with Crippen molar-refractivity contribution in [3.63, 3.8) is 0 Å². The minimum atomic E-state index is -0.436. The van der Waals surface area contributed by atoms with Crippen LogP contribution in [0.5, 0.6) is 0 Å². The molecule has 0 bridgehead atoms. The molecule has 0 aromatic heterocycles. The Kier molecular flexibility index (Phi) is 4.45. The largest absolute Gasteiger partial charge is 0.462 e. The minimum Gasteiger partial charge on any atom is -0.462 e. The Balaban J connectivity index is 3.03. The molecule has 2 nitrogen and oxygen atoms in total. The smallest absolute Gasteiger partial charge is 0.338 e. The third-order valence-electron chi connectivity index (χ3n) is 1.94. The van der Waals surface area contributed by atoms with E-state index >= 15 is 0 Å². The van der Waals surface area contributed by atoms with Crippen LogP contribution in [0.25, 0.3) is 5.57 Å². The van der Waals surface area contributed by atoms with Crippen molar-refractivity contribution in [2.75, 3.05) is 6.61 Å². The number of rotatable bonds is 4. The molecule has 0 saturated carbocycles. The fraction of sp³-hybridized carbons (Fsp3) is 0.154. The number of carbonyl (C=O) groups is 1. The van der Waals surface area contributed by atoms with Gasteiger partial charge in [-0.25, -0.2) is 9.18 Å². The molecule has 0 N–H and O–H groups in total. The fourth-order valence-corrected chi connectivity index (χ4v) is 1.24. The third-order valence-corrected chi connectivity index (χ3v) is 1.94. The first-order valence-electron chi connectivity index (χ1n) is 4.94. The first-order valence-corrected chi connectivity index (χ1v) is 4.94. The van der Waals surface area contributed by atoms with Crippen molar-refractivity contribution in [2.45, 2.75) is 6.92 Å². The van der Waals surface area contributed by atoms with Gasteiger partial charge in [0.25, 0.3) is 0 Å². The topological polar surface area (TPSA) is 26.3 Å². The van der Waals surface area contributed by atoms with Gasteiger partial charge in [-0.15, -0.1) is 0 Å². The maximum Gasteiger partial charge on any atom is 0.338 e. The summed E-state index contributed by atoms with van der Waals surface area (Å²) in [4.78, 5) is 11.6. The van der Waals surface area contributed by atoms with Gasteiger partial charge in [0.2, 0.25) is 0 Å². The van der Waals surface area contributed by atoms with Gasteiger partial charge in [-0.05, 0) is 30.7 Å². The summed E-state index contributed by atoms with van der Waals surface area (Å²) < 4.78 is 17.6. The van der Waals surface area contributed by atoms with E-state index in [1.807, 2.05) is 0 Å². The Morgan fingerprint density at radius 2 is 2.06 bits per heavy atom. The van der Waals surface area contributed by atoms with E-state index in [0.29, 0.717) is 17.7 Å². The Labute approximate surface area is 94.0 Å². The standard InChI is InChI=1S/C13H13FO2/c1-3-5-12(13(15)16-4-2)10-6-8-11(14)9-7-10/h3,5-9H,1,4H2,2H3. The van der Waals surface area contributed by atoms with E-state index in [1.54, 1.807) is 13.0 Å². The molecule has 1 aromatic rings. The lowest BCUT2D eigenvalue weighted by atomic mass is 10.1. The number of hydrogen-bond donors (Lipinski definition) is 0. The van der Waals surface area contributed by atoms with Crippen LogP contribution in [0.15, 0.2) is 43.0 Å². The average molecular weight is 220 g/mol. The number of esters is 1. The Morgan fingerprint density at radius 3 is 2.56 bits per heavy atom. The lowest BCUT2D eigenvalue weighted by Crippen LogP contribution is -2.06. The van der Waals surface area contributed by atoms with Crippen LogP contribution >= 0.6 is 0 Å². The monoisotopic (exact) mass is 220 g/mol. The van der Waals surface area contributed by atoms with Crippen LogP contribution in [0, 0.1) is 5.82 Å². The summed E-state index contributed by atoms with van der Waals surface area (Å²) in [5, 5.41) is 0. The molecule has 0 saturated heterocycles. The summed E-state index contributed by atoms with van der Waals surface area (Å²) in [6.07, 6.45) is 3.04. The zero-order chi connectivity index (χ0) is 12.0. The van der Waals surface area contributed by atoms with Crippen LogP contribution in [0.4, 0.5) is 4.39 Å². The molecule has 84 valence electrons. The molecule has 0 unspecified atom stereocenters. The molecule has 3 heteroatoms. The lowest BCUT2D eigenvalue weighted by Gasteiger charge is -2.06. The maximum absolute atomic E-state index is 12.7. The van der Waals surface area contributed by atoms with Crippen molar-refractivity contribution >= 4 is 11.5 Å². The quantitative estimate of drug-likeness (QED) is 0.443. The van der Waals surface area contributed by atoms with Crippen LogP contribution in [0.3, 0.4) is 0 Å². The summed E-state index contributed by atoms with van der Waals surface area (Å²) in [6, 6.07) is 5.65. The molecule has 0 radical (unpaired) electrons. The molecule has 0 fully saturated rings. The Bertz CT molecular complexity index is 404. The Hall–Kier alpha value is -1.90. The molecule has 1 aromatic carbocycles. The molecule has 1 rings (SSSR count). The van der Waals surface area contributed by atoms with Gasteiger partial charge in [0.15, 0.2) is 0 Å². The predicted molar refractivity (Wildman–Crippen MR) is 61.2 cm³/mol. The number of allylic oxidation sites excluding steroid dienone is 2. The summed E-state index contributed by atoms with van der Waals surface area (Å²) >= 11 is 0. The van der Waals surface area contributed by atoms with Crippen LogP contribution < -0.4 is 0 Å². The molecule has 16 heavy (non-hydrogen) atoms. The Morgan fingerprint density at radius 1 is 1.44 bits per heavy atom. The maximum atomic E-state index is 12.7. The third kappa shape index (κ3) is 3.05. The van der Waals surface area contributed by atoms with E-state index in [-0.39, 0.29) is 5.82 Å². The van der Waals surface area contributed by atoms with Crippen molar-refractivity contribution < 1.29 is 13.9 Å². The van der Waals surface area contributed by atoms with Crippen molar-refractivity contribution in [2.24, 2.45) is 0 Å². The van der Waals surface area contributed by atoms with Crippen molar-refractivity contribution in [3.8, 4) is 0 Å². The van der Waals surface area contributed by atoms with Gasteiger partial charge in [-0.3, -0.25) is 0 Å².